The van der Waals surface area contributed by atoms with Gasteiger partial charge in [-0.3, -0.25) is 14.4 Å². The molecule has 0 aliphatic heterocycles. The molecule has 0 fully saturated rings. The number of rotatable bonds is 7. The van der Waals surface area contributed by atoms with Crippen LogP contribution in [0.4, 0.5) is 11.4 Å². The molecule has 0 spiro atoms. The molecule has 2 aromatic carbocycles. The first-order valence-electron chi connectivity index (χ1n) is 11.5. The summed E-state index contributed by atoms with van der Waals surface area (Å²) in [6, 6.07) is 14.1. The molecule has 3 rings (SSSR count). The Morgan fingerprint density at radius 1 is 0.941 bits per heavy atom. The lowest BCUT2D eigenvalue weighted by Gasteiger charge is -2.20. The van der Waals surface area contributed by atoms with Crippen molar-refractivity contribution >= 4 is 23.2 Å². The fraction of sp³-hybridized carbons (Fsp3) is 0.333. The second-order valence-corrected chi connectivity index (χ2v) is 8.86. The molecule has 7 nitrogen and oxygen atoms in total. The van der Waals surface area contributed by atoms with Crippen LogP contribution in [0.15, 0.2) is 53.3 Å². The van der Waals surface area contributed by atoms with Crippen LogP contribution in [-0.4, -0.2) is 21.6 Å². The Morgan fingerprint density at radius 3 is 2.21 bits per heavy atom. The molecule has 0 bridgehead atoms. The van der Waals surface area contributed by atoms with E-state index in [4.69, 9.17) is 0 Å². The van der Waals surface area contributed by atoms with Gasteiger partial charge in [0.1, 0.15) is 11.7 Å². The second-order valence-electron chi connectivity index (χ2n) is 8.86. The predicted molar refractivity (Wildman–Crippen MR) is 136 cm³/mol. The molecular formula is C27H32N4O3. The summed E-state index contributed by atoms with van der Waals surface area (Å²) >= 11 is 0. The summed E-state index contributed by atoms with van der Waals surface area (Å²) in [6.07, 6.45) is 0.346. The summed E-state index contributed by atoms with van der Waals surface area (Å²) in [6.45, 7) is 11.2. The van der Waals surface area contributed by atoms with Crippen LogP contribution in [0, 0.1) is 26.7 Å². The monoisotopic (exact) mass is 460 g/mol. The van der Waals surface area contributed by atoms with Gasteiger partial charge in [-0.05, 0) is 50.5 Å². The molecule has 1 aromatic heterocycles. The Hall–Kier alpha value is -3.74. The van der Waals surface area contributed by atoms with Crippen molar-refractivity contribution in [1.29, 1.82) is 0 Å². The number of hydrogen-bond donors (Lipinski definition) is 2. The first kappa shape index (κ1) is 24.9. The highest BCUT2D eigenvalue weighted by atomic mass is 16.2. The maximum absolute atomic E-state index is 13.3. The molecule has 7 heteroatoms. The van der Waals surface area contributed by atoms with Crippen LogP contribution in [0.1, 0.15) is 49.9 Å². The lowest BCUT2D eigenvalue weighted by atomic mass is 10.1. The van der Waals surface area contributed by atoms with E-state index in [-0.39, 0.29) is 23.4 Å². The number of amides is 2. The van der Waals surface area contributed by atoms with Gasteiger partial charge in [-0.1, -0.05) is 62.7 Å². The third kappa shape index (κ3) is 5.42. The minimum atomic E-state index is -0.854. The molecule has 1 atom stereocenters. The smallest absolute Gasteiger partial charge is 0.291 e. The van der Waals surface area contributed by atoms with Crippen molar-refractivity contribution in [3.63, 3.8) is 0 Å². The van der Waals surface area contributed by atoms with Crippen molar-refractivity contribution in [2.24, 2.45) is 5.92 Å². The summed E-state index contributed by atoms with van der Waals surface area (Å²) in [4.78, 5) is 39.0. The molecule has 1 heterocycles. The van der Waals surface area contributed by atoms with Gasteiger partial charge in [-0.15, -0.1) is 0 Å². The highest BCUT2D eigenvalue weighted by Gasteiger charge is 2.25. The molecule has 0 aliphatic carbocycles. The number of hydrogen-bond acceptors (Lipinski definition) is 4. The molecule has 0 radical (unpaired) electrons. The lowest BCUT2D eigenvalue weighted by Crippen LogP contribution is -2.37. The van der Waals surface area contributed by atoms with Crippen molar-refractivity contribution in [3.05, 3.63) is 75.6 Å². The molecule has 2 N–H and O–H groups in total. The number of carbonyl (C=O) groups excluding carboxylic acids is 2. The Bertz CT molecular complexity index is 1260. The molecule has 34 heavy (non-hydrogen) atoms. The largest absolute Gasteiger partial charge is 0.324 e. The Balaban J connectivity index is 2.09. The predicted octanol–water partition coefficient (Wildman–Crippen LogP) is 5.02. The van der Waals surface area contributed by atoms with Gasteiger partial charge in [-0.2, -0.15) is 5.10 Å². The summed E-state index contributed by atoms with van der Waals surface area (Å²) in [7, 11) is 0. The Labute approximate surface area is 200 Å². The van der Waals surface area contributed by atoms with Crippen LogP contribution in [0.25, 0.3) is 11.3 Å². The summed E-state index contributed by atoms with van der Waals surface area (Å²) in [5.41, 5.74) is 4.66. The summed E-state index contributed by atoms with van der Waals surface area (Å²) in [5, 5.41) is 10.2. The second kappa shape index (κ2) is 10.5. The zero-order chi connectivity index (χ0) is 25.0. The topological polar surface area (TPSA) is 93.1 Å². The van der Waals surface area contributed by atoms with Crippen LogP contribution in [0.3, 0.4) is 0 Å². The van der Waals surface area contributed by atoms with E-state index >= 15 is 0 Å². The van der Waals surface area contributed by atoms with E-state index < -0.39 is 11.6 Å². The molecule has 0 saturated heterocycles. The standard InChI is InChI=1S/C27H32N4O3/c1-7-24(26(33)28-21-10-8-9-18(5)19(21)6)31-27(34)23(29-25(32)16(2)3)15-22(30-31)20-13-11-17(4)12-14-20/h8-16,24H,7H2,1-6H3,(H,28,33)(H,29,32)/t24-/m0/s1. The van der Waals surface area contributed by atoms with Gasteiger partial charge in [0.05, 0.1) is 5.69 Å². The highest BCUT2D eigenvalue weighted by molar-refractivity contribution is 5.95. The van der Waals surface area contributed by atoms with Gasteiger partial charge in [0.15, 0.2) is 0 Å². The molecule has 3 aromatic rings. The first-order chi connectivity index (χ1) is 16.1. The molecule has 2 amide bonds. The molecule has 0 saturated carbocycles. The third-order valence-electron chi connectivity index (χ3n) is 5.91. The maximum Gasteiger partial charge on any atom is 0.291 e. The average molecular weight is 461 g/mol. The zero-order valence-corrected chi connectivity index (χ0v) is 20.6. The number of nitrogens with zero attached hydrogens (tertiary/aromatic N) is 2. The number of anilines is 2. The maximum atomic E-state index is 13.3. The molecular weight excluding hydrogens is 428 g/mol. The fourth-order valence-corrected chi connectivity index (χ4v) is 3.53. The lowest BCUT2D eigenvalue weighted by molar-refractivity contribution is -0.120. The van der Waals surface area contributed by atoms with Gasteiger partial charge in [0.2, 0.25) is 11.8 Å². The number of aromatic nitrogens is 2. The number of nitrogens with one attached hydrogen (secondary N) is 2. The van der Waals surface area contributed by atoms with E-state index in [9.17, 15) is 14.4 Å². The van der Waals surface area contributed by atoms with E-state index in [1.54, 1.807) is 19.9 Å². The van der Waals surface area contributed by atoms with Gasteiger partial charge >= 0.3 is 0 Å². The number of aryl methyl sites for hydroxylation is 2. The van der Waals surface area contributed by atoms with E-state index in [2.05, 4.69) is 15.7 Å². The fourth-order valence-electron chi connectivity index (χ4n) is 3.53. The van der Waals surface area contributed by atoms with Gasteiger partial charge in [0, 0.05) is 17.2 Å². The van der Waals surface area contributed by atoms with Crippen molar-refractivity contribution in [1.82, 2.24) is 9.78 Å². The van der Waals surface area contributed by atoms with Crippen LogP contribution in [-0.2, 0) is 9.59 Å². The van der Waals surface area contributed by atoms with Gasteiger partial charge in [0.25, 0.3) is 5.56 Å². The first-order valence-corrected chi connectivity index (χ1v) is 11.5. The highest BCUT2D eigenvalue weighted by Crippen LogP contribution is 2.23. The average Bonchev–Trinajstić information content (AvgIpc) is 2.80. The normalized spacial score (nSPS) is 11.9. The zero-order valence-electron chi connectivity index (χ0n) is 20.6. The van der Waals surface area contributed by atoms with Crippen LogP contribution in [0.2, 0.25) is 0 Å². The minimum absolute atomic E-state index is 0.0993. The van der Waals surface area contributed by atoms with E-state index in [1.165, 1.54) is 4.68 Å². The van der Waals surface area contributed by atoms with E-state index in [1.807, 2.05) is 70.2 Å². The third-order valence-corrected chi connectivity index (χ3v) is 5.91. The molecule has 178 valence electrons. The van der Waals surface area contributed by atoms with Crippen LogP contribution in [0.5, 0.6) is 0 Å². The molecule has 0 unspecified atom stereocenters. The van der Waals surface area contributed by atoms with E-state index in [0.717, 1.165) is 22.3 Å². The Morgan fingerprint density at radius 2 is 1.59 bits per heavy atom. The van der Waals surface area contributed by atoms with Crippen molar-refractivity contribution in [2.75, 3.05) is 10.6 Å². The van der Waals surface area contributed by atoms with Crippen LogP contribution >= 0.6 is 0 Å². The van der Waals surface area contributed by atoms with E-state index in [0.29, 0.717) is 17.8 Å². The molecule has 0 aliphatic rings. The van der Waals surface area contributed by atoms with Crippen molar-refractivity contribution in [2.45, 2.75) is 54.0 Å². The number of carbonyl (C=O) groups is 2. The minimum Gasteiger partial charge on any atom is -0.324 e. The SMILES string of the molecule is CC[C@@H](C(=O)Nc1cccc(C)c1C)n1nc(-c2ccc(C)cc2)cc(NC(=O)C(C)C)c1=O. The van der Waals surface area contributed by atoms with Gasteiger partial charge in [-0.25, -0.2) is 4.68 Å². The van der Waals surface area contributed by atoms with Crippen molar-refractivity contribution in [3.8, 4) is 11.3 Å². The number of benzene rings is 2. The van der Waals surface area contributed by atoms with Crippen molar-refractivity contribution < 1.29 is 9.59 Å². The van der Waals surface area contributed by atoms with Crippen LogP contribution < -0.4 is 16.2 Å². The summed E-state index contributed by atoms with van der Waals surface area (Å²) in [5.74, 6) is -0.927. The quantitative estimate of drug-likeness (QED) is 0.518. The van der Waals surface area contributed by atoms with Gasteiger partial charge < -0.3 is 10.6 Å². The Kier molecular flexibility index (Phi) is 7.66. The summed E-state index contributed by atoms with van der Waals surface area (Å²) < 4.78 is 1.19.